The summed E-state index contributed by atoms with van der Waals surface area (Å²) in [6, 6.07) is 7.83. The monoisotopic (exact) mass is 480 g/mol. The first kappa shape index (κ1) is 22.6. The molecule has 1 unspecified atom stereocenters. The smallest absolute Gasteiger partial charge is 0.253 e. The van der Waals surface area contributed by atoms with Crippen LogP contribution in [0, 0.1) is 5.82 Å². The minimum atomic E-state index is -1.51. The van der Waals surface area contributed by atoms with Gasteiger partial charge < -0.3 is 10.4 Å². The van der Waals surface area contributed by atoms with E-state index >= 15 is 0 Å². The van der Waals surface area contributed by atoms with Gasteiger partial charge in [-0.1, -0.05) is 40.5 Å². The Morgan fingerprint density at radius 1 is 1.25 bits per heavy atom. The van der Waals surface area contributed by atoms with Gasteiger partial charge in [0.05, 0.1) is 45.3 Å². The number of amides is 1. The molecule has 1 aromatic heterocycles. The van der Waals surface area contributed by atoms with E-state index in [1.165, 1.54) is 35.1 Å². The Balaban J connectivity index is 1.71. The molecule has 1 heterocycles. The predicted octanol–water partition coefficient (Wildman–Crippen LogP) is 4.83. The molecule has 2 aromatic carbocycles. The third-order valence-electron chi connectivity index (χ3n) is 5.77. The van der Waals surface area contributed by atoms with E-state index in [1.54, 1.807) is 18.3 Å². The van der Waals surface area contributed by atoms with Crippen LogP contribution in [0.25, 0.3) is 5.69 Å². The third-order valence-corrected chi connectivity index (χ3v) is 6.50. The Morgan fingerprint density at radius 3 is 2.69 bits per heavy atom. The number of hydrogen-bond acceptors (Lipinski definition) is 4. The number of rotatable bonds is 5. The fourth-order valence-corrected chi connectivity index (χ4v) is 4.44. The summed E-state index contributed by atoms with van der Waals surface area (Å²) in [6.07, 6.45) is 2.47. The molecule has 6 nitrogen and oxygen atoms in total. The van der Waals surface area contributed by atoms with Gasteiger partial charge in [0, 0.05) is 0 Å². The molecular weight excluding hydrogens is 461 g/mol. The van der Waals surface area contributed by atoms with Gasteiger partial charge in [-0.15, -0.1) is 5.10 Å². The number of carbonyl (C=O) groups is 1. The molecule has 10 heteroatoms. The zero-order valence-electron chi connectivity index (χ0n) is 16.8. The Hall–Kier alpha value is -2.55. The molecule has 2 N–H and O–H groups in total. The highest BCUT2D eigenvalue weighted by Gasteiger charge is 2.43. The fraction of sp³-hybridized carbons (Fsp3) is 0.318. The quantitative estimate of drug-likeness (QED) is 0.548. The van der Waals surface area contributed by atoms with Gasteiger partial charge in [0.25, 0.3) is 5.91 Å². The Bertz CT molecular complexity index is 1120. The van der Waals surface area contributed by atoms with Gasteiger partial charge in [0.15, 0.2) is 0 Å². The second-order valence-corrected chi connectivity index (χ2v) is 8.62. The molecule has 0 radical (unpaired) electrons. The average Bonchev–Trinajstić information content (AvgIpc) is 3.31. The summed E-state index contributed by atoms with van der Waals surface area (Å²) in [5.41, 5.74) is -0.622. The largest absolute Gasteiger partial charge is 0.387 e. The number of benzene rings is 2. The lowest BCUT2D eigenvalue weighted by molar-refractivity contribution is -0.0445. The maximum Gasteiger partial charge on any atom is 0.253 e. The van der Waals surface area contributed by atoms with E-state index in [4.69, 9.17) is 23.2 Å². The van der Waals surface area contributed by atoms with Crippen LogP contribution in [0.1, 0.15) is 47.6 Å². The van der Waals surface area contributed by atoms with Gasteiger partial charge in [-0.25, -0.2) is 13.5 Å². The molecule has 1 aliphatic carbocycles. The van der Waals surface area contributed by atoms with E-state index in [1.807, 2.05) is 0 Å². The van der Waals surface area contributed by atoms with Crippen LogP contribution in [-0.4, -0.2) is 37.8 Å². The van der Waals surface area contributed by atoms with Crippen molar-refractivity contribution in [2.24, 2.45) is 0 Å². The highest BCUT2D eigenvalue weighted by molar-refractivity contribution is 6.34. The number of hydrogen-bond donors (Lipinski definition) is 2. The van der Waals surface area contributed by atoms with E-state index in [0.29, 0.717) is 5.69 Å². The van der Waals surface area contributed by atoms with E-state index < -0.39 is 29.5 Å². The maximum atomic E-state index is 14.2. The van der Waals surface area contributed by atoms with Crippen LogP contribution in [0.3, 0.4) is 0 Å². The van der Waals surface area contributed by atoms with E-state index in [9.17, 15) is 18.7 Å². The molecule has 3 aromatic rings. The molecule has 1 fully saturated rings. The Labute approximate surface area is 193 Å². The number of aliphatic hydroxyl groups is 1. The SMILES string of the molecule is O=C(NC(c1cccc(F)c1Cl)C1(O)CCC(F)CC1)c1cc(-n2ccnn2)ccc1Cl. The van der Waals surface area contributed by atoms with Crippen molar-refractivity contribution in [3.05, 3.63) is 75.8 Å². The highest BCUT2D eigenvalue weighted by Crippen LogP contribution is 2.42. The molecule has 0 bridgehead atoms. The number of nitrogens with zero attached hydrogens (tertiary/aromatic N) is 3. The molecule has 168 valence electrons. The van der Waals surface area contributed by atoms with Crippen LogP contribution >= 0.6 is 23.2 Å². The normalized spacial score (nSPS) is 21.8. The average molecular weight is 481 g/mol. The highest BCUT2D eigenvalue weighted by atomic mass is 35.5. The lowest BCUT2D eigenvalue weighted by Gasteiger charge is -2.41. The van der Waals surface area contributed by atoms with Gasteiger partial charge >= 0.3 is 0 Å². The van der Waals surface area contributed by atoms with Crippen molar-refractivity contribution in [1.29, 1.82) is 0 Å². The topological polar surface area (TPSA) is 80.0 Å². The van der Waals surface area contributed by atoms with Crippen molar-refractivity contribution in [3.63, 3.8) is 0 Å². The van der Waals surface area contributed by atoms with Crippen molar-refractivity contribution in [2.45, 2.75) is 43.5 Å². The molecule has 0 saturated heterocycles. The Kier molecular flexibility index (Phi) is 6.46. The summed E-state index contributed by atoms with van der Waals surface area (Å²) in [7, 11) is 0. The van der Waals surface area contributed by atoms with Gasteiger partial charge in [-0.05, 0) is 55.5 Å². The van der Waals surface area contributed by atoms with Gasteiger partial charge in [0.1, 0.15) is 12.0 Å². The van der Waals surface area contributed by atoms with E-state index in [-0.39, 0.29) is 46.9 Å². The molecule has 0 spiro atoms. The summed E-state index contributed by atoms with van der Waals surface area (Å²) in [6.45, 7) is 0. The minimum absolute atomic E-state index is 0.0820. The third kappa shape index (κ3) is 4.48. The first-order valence-electron chi connectivity index (χ1n) is 10.1. The predicted molar refractivity (Wildman–Crippen MR) is 116 cm³/mol. The summed E-state index contributed by atoms with van der Waals surface area (Å²) in [5, 5.41) is 21.7. The minimum Gasteiger partial charge on any atom is -0.387 e. The van der Waals surface area contributed by atoms with E-state index in [2.05, 4.69) is 15.6 Å². The number of alkyl halides is 1. The molecule has 1 amide bonds. The lowest BCUT2D eigenvalue weighted by atomic mass is 9.76. The van der Waals surface area contributed by atoms with Gasteiger partial charge in [-0.3, -0.25) is 4.79 Å². The Morgan fingerprint density at radius 2 is 2.00 bits per heavy atom. The van der Waals surface area contributed by atoms with Crippen molar-refractivity contribution in [3.8, 4) is 5.69 Å². The van der Waals surface area contributed by atoms with Crippen LogP contribution in [0.2, 0.25) is 10.0 Å². The maximum absolute atomic E-state index is 14.2. The molecule has 4 rings (SSSR count). The van der Waals surface area contributed by atoms with E-state index in [0.717, 1.165) is 0 Å². The molecule has 1 aliphatic rings. The lowest BCUT2D eigenvalue weighted by Crippen LogP contribution is -2.48. The summed E-state index contributed by atoms with van der Waals surface area (Å²) >= 11 is 12.5. The zero-order chi connectivity index (χ0) is 22.9. The van der Waals surface area contributed by atoms with Gasteiger partial charge in [-0.2, -0.15) is 0 Å². The second-order valence-electron chi connectivity index (χ2n) is 7.84. The van der Waals surface area contributed by atoms with Crippen molar-refractivity contribution >= 4 is 29.1 Å². The van der Waals surface area contributed by atoms with Crippen molar-refractivity contribution < 1.29 is 18.7 Å². The molecule has 1 saturated carbocycles. The fourth-order valence-electron chi connectivity index (χ4n) is 4.00. The second kappa shape index (κ2) is 9.13. The zero-order valence-corrected chi connectivity index (χ0v) is 18.3. The van der Waals surface area contributed by atoms with Crippen LogP contribution in [0.5, 0.6) is 0 Å². The van der Waals surface area contributed by atoms with Crippen molar-refractivity contribution in [2.75, 3.05) is 0 Å². The number of nitrogens with one attached hydrogen (secondary N) is 1. The standard InChI is InChI=1S/C22H20Cl2F2N4O2/c23-17-5-4-14(30-11-10-27-29-30)12-16(17)21(31)28-20(15-2-1-3-18(26)19(15)24)22(32)8-6-13(25)7-9-22/h1-5,10-13,20,32H,6-9H2,(H,28,31). The molecule has 1 atom stereocenters. The first-order valence-corrected chi connectivity index (χ1v) is 10.8. The van der Waals surface area contributed by atoms with Crippen molar-refractivity contribution in [1.82, 2.24) is 20.3 Å². The number of halogens is 4. The number of carbonyl (C=O) groups excluding carboxylic acids is 1. The molecule has 32 heavy (non-hydrogen) atoms. The molecule has 0 aliphatic heterocycles. The molecular formula is C22H20Cl2F2N4O2. The van der Waals surface area contributed by atoms with Gasteiger partial charge in [0.2, 0.25) is 0 Å². The summed E-state index contributed by atoms with van der Waals surface area (Å²) in [5.74, 6) is -1.28. The number of aromatic nitrogens is 3. The van der Waals surface area contributed by atoms with Crippen LogP contribution in [-0.2, 0) is 0 Å². The summed E-state index contributed by atoms with van der Waals surface area (Å²) < 4.78 is 29.4. The van der Waals surface area contributed by atoms with Crippen LogP contribution in [0.15, 0.2) is 48.8 Å². The van der Waals surface area contributed by atoms with Crippen LogP contribution in [0.4, 0.5) is 8.78 Å². The first-order chi connectivity index (χ1) is 15.3. The van der Waals surface area contributed by atoms with Crippen LogP contribution < -0.4 is 5.32 Å². The summed E-state index contributed by atoms with van der Waals surface area (Å²) in [4.78, 5) is 13.3.